The van der Waals surface area contributed by atoms with Crippen molar-refractivity contribution in [2.45, 2.75) is 6.92 Å². The van der Waals surface area contributed by atoms with Gasteiger partial charge in [0, 0.05) is 12.1 Å². The summed E-state index contributed by atoms with van der Waals surface area (Å²) in [6, 6.07) is 4.92. The summed E-state index contributed by atoms with van der Waals surface area (Å²) in [6.45, 7) is 1.28. The van der Waals surface area contributed by atoms with E-state index in [1.807, 2.05) is 0 Å². The summed E-state index contributed by atoms with van der Waals surface area (Å²) in [7, 11) is 0. The quantitative estimate of drug-likeness (QED) is 0.654. The first-order chi connectivity index (χ1) is 10.0. The van der Waals surface area contributed by atoms with Gasteiger partial charge in [-0.1, -0.05) is 5.16 Å². The van der Waals surface area contributed by atoms with Gasteiger partial charge in [-0.15, -0.1) is 0 Å². The van der Waals surface area contributed by atoms with Gasteiger partial charge in [0.2, 0.25) is 0 Å². The van der Waals surface area contributed by atoms with Crippen molar-refractivity contribution in [1.29, 1.82) is 0 Å². The van der Waals surface area contributed by atoms with Crippen molar-refractivity contribution in [3.05, 3.63) is 40.5 Å². The molecule has 0 spiro atoms. The fourth-order valence-corrected chi connectivity index (χ4v) is 1.68. The molecule has 0 saturated carbocycles. The molecular formula is C13H11BrN2O5. The number of halogens is 1. The number of hydrogen-bond acceptors (Lipinski definition) is 6. The van der Waals surface area contributed by atoms with Crippen molar-refractivity contribution >= 4 is 39.7 Å². The molecule has 0 aromatic carbocycles. The smallest absolute Gasteiger partial charge is 0.331 e. The van der Waals surface area contributed by atoms with E-state index in [1.54, 1.807) is 25.1 Å². The number of aromatic nitrogens is 1. The van der Waals surface area contributed by atoms with Gasteiger partial charge in [0.05, 0.1) is 0 Å². The molecule has 0 bridgehead atoms. The first-order valence-electron chi connectivity index (χ1n) is 5.86. The molecule has 0 aliphatic carbocycles. The van der Waals surface area contributed by atoms with E-state index in [0.29, 0.717) is 16.2 Å². The van der Waals surface area contributed by atoms with Gasteiger partial charge in [0.25, 0.3) is 5.91 Å². The minimum atomic E-state index is -0.658. The summed E-state index contributed by atoms with van der Waals surface area (Å²) >= 11 is 3.14. The lowest BCUT2D eigenvalue weighted by atomic mass is 10.4. The molecule has 1 N–H and O–H groups in total. The van der Waals surface area contributed by atoms with Crippen molar-refractivity contribution in [2.24, 2.45) is 0 Å². The van der Waals surface area contributed by atoms with Gasteiger partial charge in [0.1, 0.15) is 11.5 Å². The van der Waals surface area contributed by atoms with Gasteiger partial charge in [-0.2, -0.15) is 0 Å². The molecule has 2 rings (SSSR count). The molecule has 21 heavy (non-hydrogen) atoms. The number of esters is 1. The van der Waals surface area contributed by atoms with E-state index in [9.17, 15) is 9.59 Å². The number of anilines is 1. The number of aryl methyl sites for hydroxylation is 1. The van der Waals surface area contributed by atoms with E-state index >= 15 is 0 Å². The molecule has 8 heteroatoms. The second kappa shape index (κ2) is 6.89. The predicted octanol–water partition coefficient (Wildman–Crippen LogP) is 2.53. The van der Waals surface area contributed by atoms with Crippen LogP contribution in [0.1, 0.15) is 11.5 Å². The molecule has 0 saturated heterocycles. The van der Waals surface area contributed by atoms with Crippen LogP contribution in [-0.2, 0) is 14.3 Å². The number of furan rings is 1. The van der Waals surface area contributed by atoms with Crippen molar-refractivity contribution in [3.8, 4) is 0 Å². The summed E-state index contributed by atoms with van der Waals surface area (Å²) in [6.07, 6.45) is 2.60. The Labute approximate surface area is 128 Å². The molecule has 110 valence electrons. The number of carbonyl (C=O) groups excluding carboxylic acids is 2. The Morgan fingerprint density at radius 2 is 2.29 bits per heavy atom. The average Bonchev–Trinajstić information content (AvgIpc) is 3.03. The van der Waals surface area contributed by atoms with Crippen molar-refractivity contribution in [3.63, 3.8) is 0 Å². The molecule has 0 aliphatic heterocycles. The average molecular weight is 355 g/mol. The molecule has 2 heterocycles. The Morgan fingerprint density at radius 3 is 2.90 bits per heavy atom. The van der Waals surface area contributed by atoms with Crippen molar-refractivity contribution < 1.29 is 23.3 Å². The van der Waals surface area contributed by atoms with Crippen LogP contribution in [0.3, 0.4) is 0 Å². The highest BCUT2D eigenvalue weighted by atomic mass is 79.9. The summed E-state index contributed by atoms with van der Waals surface area (Å²) in [5.41, 5.74) is 0. The van der Waals surface area contributed by atoms with E-state index in [0.717, 1.165) is 0 Å². The van der Waals surface area contributed by atoms with E-state index in [1.165, 1.54) is 12.2 Å². The Kier molecular flexibility index (Phi) is 4.94. The maximum atomic E-state index is 11.5. The van der Waals surface area contributed by atoms with Gasteiger partial charge >= 0.3 is 5.97 Å². The number of nitrogens with zero attached hydrogens (tertiary/aromatic N) is 1. The third-order valence-electron chi connectivity index (χ3n) is 2.22. The SMILES string of the molecule is Cc1cc(NC(=O)COC(=O)/C=C/c2ccc(Br)o2)no1. The second-order valence-corrected chi connectivity index (χ2v) is 4.74. The Bertz CT molecular complexity index is 674. The maximum Gasteiger partial charge on any atom is 0.331 e. The number of ether oxygens (including phenoxy) is 1. The van der Waals surface area contributed by atoms with Gasteiger partial charge in [0.15, 0.2) is 17.1 Å². The van der Waals surface area contributed by atoms with Crippen LogP contribution in [0.5, 0.6) is 0 Å². The van der Waals surface area contributed by atoms with Crippen LogP contribution in [0.4, 0.5) is 5.82 Å². The lowest BCUT2D eigenvalue weighted by molar-refractivity contribution is -0.142. The predicted molar refractivity (Wildman–Crippen MR) is 76.3 cm³/mol. The molecular weight excluding hydrogens is 344 g/mol. The normalized spacial score (nSPS) is 10.8. The van der Waals surface area contributed by atoms with Gasteiger partial charge < -0.3 is 19.0 Å². The molecule has 1 amide bonds. The molecule has 0 fully saturated rings. The Hall–Kier alpha value is -2.35. The topological polar surface area (TPSA) is 94.6 Å². The van der Waals surface area contributed by atoms with Crippen LogP contribution in [0.2, 0.25) is 0 Å². The van der Waals surface area contributed by atoms with E-state index in [2.05, 4.69) is 26.4 Å². The van der Waals surface area contributed by atoms with E-state index in [4.69, 9.17) is 13.7 Å². The third-order valence-corrected chi connectivity index (χ3v) is 2.64. The van der Waals surface area contributed by atoms with Crippen LogP contribution < -0.4 is 5.32 Å². The Balaban J connectivity index is 1.75. The minimum absolute atomic E-state index is 0.268. The van der Waals surface area contributed by atoms with Crippen LogP contribution >= 0.6 is 15.9 Å². The standard InChI is InChI=1S/C13H11BrN2O5/c1-8-6-11(16-21-8)15-12(17)7-19-13(18)5-3-9-2-4-10(14)20-9/h2-6H,7H2,1H3,(H,15,16,17)/b5-3+. The highest BCUT2D eigenvalue weighted by Gasteiger charge is 2.08. The number of amides is 1. The van der Waals surface area contributed by atoms with Crippen LogP contribution in [0.25, 0.3) is 6.08 Å². The zero-order chi connectivity index (χ0) is 15.2. The molecule has 0 atom stereocenters. The van der Waals surface area contributed by atoms with Crippen molar-refractivity contribution in [1.82, 2.24) is 5.16 Å². The van der Waals surface area contributed by atoms with Crippen LogP contribution in [0.15, 0.2) is 37.9 Å². The number of hydrogen-bond donors (Lipinski definition) is 1. The maximum absolute atomic E-state index is 11.5. The van der Waals surface area contributed by atoms with Gasteiger partial charge in [-0.3, -0.25) is 4.79 Å². The molecule has 7 nitrogen and oxygen atoms in total. The highest BCUT2D eigenvalue weighted by Crippen LogP contribution is 2.15. The van der Waals surface area contributed by atoms with E-state index < -0.39 is 18.5 Å². The molecule has 0 unspecified atom stereocenters. The number of rotatable bonds is 5. The fraction of sp³-hybridized carbons (Fsp3) is 0.154. The monoisotopic (exact) mass is 354 g/mol. The molecule has 2 aromatic heterocycles. The summed E-state index contributed by atoms with van der Waals surface area (Å²) in [5.74, 6) is 0.153. The minimum Gasteiger partial charge on any atom is -0.452 e. The third kappa shape index (κ3) is 4.92. The lowest BCUT2D eigenvalue weighted by Gasteiger charge is -2.01. The van der Waals surface area contributed by atoms with Crippen molar-refractivity contribution in [2.75, 3.05) is 11.9 Å². The van der Waals surface area contributed by atoms with Crippen LogP contribution in [-0.4, -0.2) is 23.6 Å². The first-order valence-corrected chi connectivity index (χ1v) is 6.65. The summed E-state index contributed by atoms with van der Waals surface area (Å²) in [4.78, 5) is 22.9. The zero-order valence-electron chi connectivity index (χ0n) is 11.0. The number of nitrogens with one attached hydrogen (secondary N) is 1. The van der Waals surface area contributed by atoms with Crippen LogP contribution in [0, 0.1) is 6.92 Å². The number of carbonyl (C=O) groups is 2. The molecule has 0 aliphatic rings. The second-order valence-electron chi connectivity index (χ2n) is 3.95. The molecule has 2 aromatic rings. The summed E-state index contributed by atoms with van der Waals surface area (Å²) in [5, 5.41) is 6.01. The van der Waals surface area contributed by atoms with Gasteiger partial charge in [-0.05, 0) is 41.1 Å². The van der Waals surface area contributed by atoms with Gasteiger partial charge in [-0.25, -0.2) is 4.79 Å². The fourth-order valence-electron chi connectivity index (χ4n) is 1.36. The first kappa shape index (κ1) is 15.0. The Morgan fingerprint density at radius 1 is 1.48 bits per heavy atom. The van der Waals surface area contributed by atoms with E-state index in [-0.39, 0.29) is 5.82 Å². The highest BCUT2D eigenvalue weighted by molar-refractivity contribution is 9.10. The molecule has 0 radical (unpaired) electrons. The lowest BCUT2D eigenvalue weighted by Crippen LogP contribution is -2.20. The summed E-state index contributed by atoms with van der Waals surface area (Å²) < 4.78 is 15.3. The largest absolute Gasteiger partial charge is 0.452 e. The zero-order valence-corrected chi connectivity index (χ0v) is 12.5.